The zero-order valence-electron chi connectivity index (χ0n) is 17.5. The maximum Gasteiger partial charge on any atom is 0.255 e. The number of aromatic nitrogens is 3. The highest BCUT2D eigenvalue weighted by molar-refractivity contribution is 6.08. The summed E-state index contributed by atoms with van der Waals surface area (Å²) < 4.78 is 1.68. The van der Waals surface area contributed by atoms with Crippen molar-refractivity contribution < 1.29 is 19.2 Å². The van der Waals surface area contributed by atoms with Gasteiger partial charge in [0.2, 0.25) is 11.8 Å². The Bertz CT molecular complexity index is 1330. The average Bonchev–Trinajstić information content (AvgIpc) is 3.23. The first-order chi connectivity index (χ1) is 15.3. The van der Waals surface area contributed by atoms with Gasteiger partial charge in [0.05, 0.1) is 17.6 Å². The smallest absolute Gasteiger partial charge is 0.255 e. The lowest BCUT2D eigenvalue weighted by atomic mass is 10.0. The van der Waals surface area contributed by atoms with Crippen LogP contribution < -0.4 is 10.6 Å². The van der Waals surface area contributed by atoms with E-state index in [1.807, 2.05) is 20.0 Å². The molecule has 1 atom stereocenters. The van der Waals surface area contributed by atoms with E-state index in [1.54, 1.807) is 29.1 Å². The van der Waals surface area contributed by atoms with Gasteiger partial charge in [-0.25, -0.2) is 4.98 Å². The Morgan fingerprint density at radius 3 is 2.81 bits per heavy atom. The molecule has 0 aliphatic carbocycles. The molecule has 162 valence electrons. The Kier molecular flexibility index (Phi) is 4.50. The lowest BCUT2D eigenvalue weighted by Gasteiger charge is -2.29. The number of pyridine rings is 1. The number of carbonyl (C=O) groups excluding carboxylic acids is 4. The summed E-state index contributed by atoms with van der Waals surface area (Å²) in [6.45, 7) is 2.09. The maximum atomic E-state index is 12.8. The van der Waals surface area contributed by atoms with Crippen LogP contribution in [0.15, 0.2) is 30.5 Å². The molecule has 0 spiro atoms. The van der Waals surface area contributed by atoms with Crippen molar-refractivity contribution in [2.45, 2.75) is 32.4 Å². The second-order valence-corrected chi connectivity index (χ2v) is 8.03. The van der Waals surface area contributed by atoms with E-state index in [0.717, 1.165) is 16.7 Å². The second-order valence-electron chi connectivity index (χ2n) is 8.03. The molecule has 10 nitrogen and oxygen atoms in total. The molecule has 2 aromatic heterocycles. The van der Waals surface area contributed by atoms with Crippen LogP contribution in [0.3, 0.4) is 0 Å². The fourth-order valence-corrected chi connectivity index (χ4v) is 4.30. The number of imide groups is 1. The topological polar surface area (TPSA) is 126 Å². The number of fused-ring (bicyclic) bond motifs is 2. The number of anilines is 1. The monoisotopic (exact) mass is 432 g/mol. The number of nitrogens with one attached hydrogen (secondary N) is 2. The van der Waals surface area contributed by atoms with E-state index in [4.69, 9.17) is 0 Å². The van der Waals surface area contributed by atoms with Crippen LogP contribution in [0.2, 0.25) is 0 Å². The number of amides is 4. The van der Waals surface area contributed by atoms with Crippen molar-refractivity contribution in [1.82, 2.24) is 25.0 Å². The van der Waals surface area contributed by atoms with Crippen LogP contribution in [0.4, 0.5) is 5.69 Å². The number of rotatable bonds is 3. The van der Waals surface area contributed by atoms with Crippen molar-refractivity contribution in [3.8, 4) is 0 Å². The third-order valence-corrected chi connectivity index (χ3v) is 5.91. The van der Waals surface area contributed by atoms with Crippen LogP contribution in [0, 0.1) is 6.92 Å². The number of benzene rings is 1. The van der Waals surface area contributed by atoms with E-state index in [2.05, 4.69) is 20.7 Å². The fourth-order valence-electron chi connectivity index (χ4n) is 4.30. The first-order valence-corrected chi connectivity index (χ1v) is 10.2. The van der Waals surface area contributed by atoms with Crippen LogP contribution in [-0.2, 0) is 23.2 Å². The quantitative estimate of drug-likeness (QED) is 0.601. The van der Waals surface area contributed by atoms with Crippen molar-refractivity contribution in [2.75, 3.05) is 5.32 Å². The van der Waals surface area contributed by atoms with Gasteiger partial charge < -0.3 is 10.2 Å². The van der Waals surface area contributed by atoms with Crippen LogP contribution in [0.1, 0.15) is 44.8 Å². The van der Waals surface area contributed by atoms with Crippen molar-refractivity contribution >= 4 is 40.3 Å². The number of hydrogen-bond donors (Lipinski definition) is 2. The highest BCUT2D eigenvalue weighted by Crippen LogP contribution is 2.28. The molecule has 3 aromatic rings. The van der Waals surface area contributed by atoms with Crippen molar-refractivity contribution in [1.29, 1.82) is 0 Å². The number of aryl methyl sites for hydroxylation is 2. The highest BCUT2D eigenvalue weighted by Gasteiger charge is 2.39. The van der Waals surface area contributed by atoms with Crippen LogP contribution in [0.25, 0.3) is 11.0 Å². The molecule has 0 radical (unpaired) electrons. The van der Waals surface area contributed by atoms with Gasteiger partial charge >= 0.3 is 0 Å². The summed E-state index contributed by atoms with van der Waals surface area (Å²) in [6, 6.07) is 5.98. The summed E-state index contributed by atoms with van der Waals surface area (Å²) in [4.78, 5) is 55.0. The SMILES string of the molecule is Cc1nn(C)c2ncc(NC(=O)c3ccc4c(c3)CN(C3CCC(=O)NC3=O)C4=O)cc12. The molecule has 0 saturated carbocycles. The minimum Gasteiger partial charge on any atom is -0.322 e. The molecule has 2 N–H and O–H groups in total. The largest absolute Gasteiger partial charge is 0.322 e. The number of hydrogen-bond acceptors (Lipinski definition) is 6. The summed E-state index contributed by atoms with van der Waals surface area (Å²) in [5, 5.41) is 10.3. The van der Waals surface area contributed by atoms with E-state index >= 15 is 0 Å². The van der Waals surface area contributed by atoms with Gasteiger partial charge in [0.1, 0.15) is 6.04 Å². The van der Waals surface area contributed by atoms with E-state index in [1.165, 1.54) is 4.90 Å². The molecule has 10 heteroatoms. The molecule has 1 aromatic carbocycles. The molecule has 4 amide bonds. The summed E-state index contributed by atoms with van der Waals surface area (Å²) in [6.07, 6.45) is 2.06. The zero-order valence-corrected chi connectivity index (χ0v) is 17.5. The Morgan fingerprint density at radius 2 is 2.03 bits per heavy atom. The van der Waals surface area contributed by atoms with Crippen molar-refractivity contribution in [3.05, 3.63) is 52.8 Å². The van der Waals surface area contributed by atoms with Gasteiger partial charge in [-0.3, -0.25) is 29.2 Å². The molecule has 5 rings (SSSR count). The van der Waals surface area contributed by atoms with Gasteiger partial charge in [-0.2, -0.15) is 5.10 Å². The number of piperidine rings is 1. The lowest BCUT2D eigenvalue weighted by Crippen LogP contribution is -2.52. The van der Waals surface area contributed by atoms with E-state index in [0.29, 0.717) is 28.8 Å². The normalized spacial score (nSPS) is 18.1. The van der Waals surface area contributed by atoms with Crippen LogP contribution in [0.5, 0.6) is 0 Å². The van der Waals surface area contributed by atoms with Gasteiger partial charge in [0.15, 0.2) is 5.65 Å². The summed E-state index contributed by atoms with van der Waals surface area (Å²) in [5.41, 5.74) is 3.61. The van der Waals surface area contributed by atoms with Crippen molar-refractivity contribution in [2.24, 2.45) is 7.05 Å². The standard InChI is InChI=1S/C22H20N6O4/c1-11-16-8-14(9-23-19(16)27(2)26-11)24-20(30)12-3-4-15-13(7-12)10-28(22(15)32)17-5-6-18(29)25-21(17)31/h3-4,7-9,17H,5-6,10H2,1-2H3,(H,24,30)(H,25,29,31). The Hall–Kier alpha value is -4.08. The lowest BCUT2D eigenvalue weighted by molar-refractivity contribution is -0.136. The Balaban J connectivity index is 1.36. The molecular weight excluding hydrogens is 412 g/mol. The minimum atomic E-state index is -0.689. The second kappa shape index (κ2) is 7.26. The minimum absolute atomic E-state index is 0.193. The molecule has 1 fully saturated rings. The predicted octanol–water partition coefficient (Wildman–Crippen LogP) is 1.29. The Labute approximate surface area is 182 Å². The third kappa shape index (κ3) is 3.20. The predicted molar refractivity (Wildman–Crippen MR) is 114 cm³/mol. The molecule has 2 aliphatic rings. The molecule has 32 heavy (non-hydrogen) atoms. The summed E-state index contributed by atoms with van der Waals surface area (Å²) >= 11 is 0. The average molecular weight is 432 g/mol. The fraction of sp³-hybridized carbons (Fsp3) is 0.273. The first-order valence-electron chi connectivity index (χ1n) is 10.2. The summed E-state index contributed by atoms with van der Waals surface area (Å²) in [5.74, 6) is -1.40. The molecule has 2 aliphatic heterocycles. The van der Waals surface area contributed by atoms with Gasteiger partial charge in [0, 0.05) is 36.5 Å². The molecule has 0 bridgehead atoms. The van der Waals surface area contributed by atoms with Gasteiger partial charge in [-0.05, 0) is 43.2 Å². The van der Waals surface area contributed by atoms with Crippen LogP contribution in [-0.4, -0.2) is 49.3 Å². The van der Waals surface area contributed by atoms with Gasteiger partial charge in [-0.15, -0.1) is 0 Å². The third-order valence-electron chi connectivity index (χ3n) is 5.91. The Morgan fingerprint density at radius 1 is 1.22 bits per heavy atom. The van der Waals surface area contributed by atoms with Gasteiger partial charge in [-0.1, -0.05) is 0 Å². The highest BCUT2D eigenvalue weighted by atomic mass is 16.2. The first kappa shape index (κ1) is 19.9. The molecule has 1 saturated heterocycles. The molecular formula is C22H20N6O4. The van der Waals surface area contributed by atoms with E-state index in [-0.39, 0.29) is 30.7 Å². The zero-order chi connectivity index (χ0) is 22.6. The number of carbonyl (C=O) groups is 4. The summed E-state index contributed by atoms with van der Waals surface area (Å²) in [7, 11) is 1.81. The molecule has 1 unspecified atom stereocenters. The van der Waals surface area contributed by atoms with E-state index in [9.17, 15) is 19.2 Å². The number of nitrogens with zero attached hydrogens (tertiary/aromatic N) is 4. The maximum absolute atomic E-state index is 12.8. The van der Waals surface area contributed by atoms with Crippen LogP contribution >= 0.6 is 0 Å². The van der Waals surface area contributed by atoms with Gasteiger partial charge in [0.25, 0.3) is 11.8 Å². The van der Waals surface area contributed by atoms with Crippen molar-refractivity contribution in [3.63, 3.8) is 0 Å². The molecule has 4 heterocycles. The van der Waals surface area contributed by atoms with E-state index < -0.39 is 11.9 Å².